The number of amides is 1. The highest BCUT2D eigenvalue weighted by atomic mass is 79.9. The molecule has 0 aromatic carbocycles. The molecule has 0 fully saturated rings. The molecule has 0 bridgehead atoms. The van der Waals surface area contributed by atoms with Crippen LogP contribution in [0.5, 0.6) is 0 Å². The van der Waals surface area contributed by atoms with Crippen molar-refractivity contribution in [1.82, 2.24) is 15.1 Å². The van der Waals surface area contributed by atoms with Gasteiger partial charge in [-0.2, -0.15) is 5.10 Å². The summed E-state index contributed by atoms with van der Waals surface area (Å²) in [6, 6.07) is -0.344. The van der Waals surface area contributed by atoms with Gasteiger partial charge in [-0.15, -0.1) is 0 Å². The Hall–Kier alpha value is -1.04. The highest BCUT2D eigenvalue weighted by molar-refractivity contribution is 9.10. The average molecular weight is 261 g/mol. The number of nitrogen functional groups attached to an aromatic ring is 1. The van der Waals surface area contributed by atoms with E-state index in [0.29, 0.717) is 16.8 Å². The SMILES string of the molecule is CCNC(=O)C(C)n1cc(Br)c(N)n1. The van der Waals surface area contributed by atoms with Crippen molar-refractivity contribution >= 4 is 27.7 Å². The van der Waals surface area contributed by atoms with Gasteiger partial charge in [-0.1, -0.05) is 0 Å². The van der Waals surface area contributed by atoms with Gasteiger partial charge in [0.2, 0.25) is 5.91 Å². The van der Waals surface area contributed by atoms with Crippen LogP contribution in [0.25, 0.3) is 0 Å². The lowest BCUT2D eigenvalue weighted by atomic mass is 10.3. The van der Waals surface area contributed by atoms with E-state index < -0.39 is 0 Å². The molecule has 1 rings (SSSR count). The van der Waals surface area contributed by atoms with Crippen LogP contribution in [0.3, 0.4) is 0 Å². The Kier molecular flexibility index (Phi) is 3.51. The summed E-state index contributed by atoms with van der Waals surface area (Å²) in [5.41, 5.74) is 5.54. The van der Waals surface area contributed by atoms with Crippen molar-refractivity contribution in [1.29, 1.82) is 0 Å². The number of carbonyl (C=O) groups excluding carboxylic acids is 1. The Morgan fingerprint density at radius 2 is 2.50 bits per heavy atom. The zero-order valence-corrected chi connectivity index (χ0v) is 9.71. The van der Waals surface area contributed by atoms with E-state index >= 15 is 0 Å². The summed E-state index contributed by atoms with van der Waals surface area (Å²) in [6.45, 7) is 4.25. The van der Waals surface area contributed by atoms with E-state index in [2.05, 4.69) is 26.3 Å². The monoisotopic (exact) mass is 260 g/mol. The van der Waals surface area contributed by atoms with Crippen molar-refractivity contribution in [2.45, 2.75) is 19.9 Å². The van der Waals surface area contributed by atoms with E-state index in [4.69, 9.17) is 5.73 Å². The summed E-state index contributed by atoms with van der Waals surface area (Å²) in [4.78, 5) is 11.4. The minimum absolute atomic E-state index is 0.0671. The van der Waals surface area contributed by atoms with Gasteiger partial charge in [-0.3, -0.25) is 9.48 Å². The molecule has 0 spiro atoms. The first-order chi connectivity index (χ1) is 6.56. The van der Waals surface area contributed by atoms with Gasteiger partial charge in [-0.05, 0) is 29.8 Å². The number of nitrogens with two attached hydrogens (primary N) is 1. The van der Waals surface area contributed by atoms with Crippen LogP contribution < -0.4 is 11.1 Å². The Balaban J connectivity index is 2.78. The average Bonchev–Trinajstić information content (AvgIpc) is 2.46. The first-order valence-electron chi connectivity index (χ1n) is 4.34. The van der Waals surface area contributed by atoms with Crippen molar-refractivity contribution in [3.05, 3.63) is 10.7 Å². The summed E-state index contributed by atoms with van der Waals surface area (Å²) in [7, 11) is 0. The predicted molar refractivity (Wildman–Crippen MR) is 57.7 cm³/mol. The van der Waals surface area contributed by atoms with Crippen LogP contribution in [0.2, 0.25) is 0 Å². The Morgan fingerprint density at radius 1 is 1.86 bits per heavy atom. The van der Waals surface area contributed by atoms with E-state index in [0.717, 1.165) is 0 Å². The molecule has 14 heavy (non-hydrogen) atoms. The summed E-state index contributed by atoms with van der Waals surface area (Å²) in [5.74, 6) is 0.323. The van der Waals surface area contributed by atoms with Gasteiger partial charge in [0.1, 0.15) is 6.04 Å². The molecule has 0 aliphatic rings. The minimum Gasteiger partial charge on any atom is -0.381 e. The molecule has 6 heteroatoms. The molecular formula is C8H13BrN4O. The third-order valence-corrected chi connectivity index (χ3v) is 2.45. The normalized spacial score (nSPS) is 12.5. The maximum Gasteiger partial charge on any atom is 0.244 e. The molecule has 1 amide bonds. The number of hydrogen-bond acceptors (Lipinski definition) is 3. The second-order valence-electron chi connectivity index (χ2n) is 2.91. The van der Waals surface area contributed by atoms with Crippen molar-refractivity contribution in [3.8, 4) is 0 Å². The van der Waals surface area contributed by atoms with Crippen molar-refractivity contribution in [2.24, 2.45) is 0 Å². The fourth-order valence-corrected chi connectivity index (χ4v) is 1.31. The highest BCUT2D eigenvalue weighted by Gasteiger charge is 2.15. The number of nitrogens with one attached hydrogen (secondary N) is 1. The minimum atomic E-state index is -0.344. The third-order valence-electron chi connectivity index (χ3n) is 1.84. The number of halogens is 1. The van der Waals surface area contributed by atoms with E-state index in [1.807, 2.05) is 6.92 Å². The fraction of sp³-hybridized carbons (Fsp3) is 0.500. The number of aromatic nitrogens is 2. The second kappa shape index (κ2) is 4.45. The molecule has 0 aliphatic carbocycles. The lowest BCUT2D eigenvalue weighted by Crippen LogP contribution is -2.30. The zero-order valence-electron chi connectivity index (χ0n) is 8.12. The zero-order chi connectivity index (χ0) is 10.7. The quantitative estimate of drug-likeness (QED) is 0.849. The van der Waals surface area contributed by atoms with Gasteiger partial charge in [0.25, 0.3) is 0 Å². The number of anilines is 1. The Morgan fingerprint density at radius 3 is 2.93 bits per heavy atom. The number of rotatable bonds is 3. The molecule has 5 nitrogen and oxygen atoms in total. The molecule has 1 unspecified atom stereocenters. The van der Waals surface area contributed by atoms with Crippen LogP contribution in [-0.2, 0) is 4.79 Å². The standard InChI is InChI=1S/C8H13BrN4O/c1-3-11-8(14)5(2)13-4-6(9)7(10)12-13/h4-5H,3H2,1-2H3,(H2,10,12)(H,11,14). The lowest BCUT2D eigenvalue weighted by molar-refractivity contribution is -0.124. The summed E-state index contributed by atoms with van der Waals surface area (Å²) in [6.07, 6.45) is 1.69. The molecule has 1 aromatic rings. The lowest BCUT2D eigenvalue weighted by Gasteiger charge is -2.10. The van der Waals surface area contributed by atoms with Crippen molar-refractivity contribution < 1.29 is 4.79 Å². The molecule has 78 valence electrons. The molecule has 0 saturated heterocycles. The Labute approximate surface area is 90.8 Å². The van der Waals surface area contributed by atoms with Crippen LogP contribution in [0.15, 0.2) is 10.7 Å². The maximum atomic E-state index is 11.4. The van der Waals surface area contributed by atoms with E-state index in [9.17, 15) is 4.79 Å². The third kappa shape index (κ3) is 2.25. The number of likely N-dealkylation sites (N-methyl/N-ethyl adjacent to an activating group) is 1. The summed E-state index contributed by atoms with van der Waals surface area (Å²) >= 11 is 3.23. The molecule has 0 radical (unpaired) electrons. The molecule has 0 aliphatic heterocycles. The van der Waals surface area contributed by atoms with Crippen LogP contribution in [0, 0.1) is 0 Å². The number of carbonyl (C=O) groups is 1. The molecule has 1 aromatic heterocycles. The topological polar surface area (TPSA) is 72.9 Å². The van der Waals surface area contributed by atoms with Crippen LogP contribution in [0.4, 0.5) is 5.82 Å². The van der Waals surface area contributed by atoms with Gasteiger partial charge in [0, 0.05) is 12.7 Å². The molecular weight excluding hydrogens is 248 g/mol. The molecule has 1 atom stereocenters. The Bertz CT molecular complexity index is 317. The first kappa shape index (κ1) is 11.0. The van der Waals surface area contributed by atoms with Crippen molar-refractivity contribution in [3.63, 3.8) is 0 Å². The van der Waals surface area contributed by atoms with Crippen molar-refractivity contribution in [2.75, 3.05) is 12.3 Å². The largest absolute Gasteiger partial charge is 0.381 e. The van der Waals surface area contributed by atoms with Gasteiger partial charge >= 0.3 is 0 Å². The molecule has 3 N–H and O–H groups in total. The maximum absolute atomic E-state index is 11.4. The molecule has 0 saturated carbocycles. The molecule has 1 heterocycles. The van der Waals surface area contributed by atoms with E-state index in [1.165, 1.54) is 4.68 Å². The predicted octanol–water partition coefficient (Wildman–Crippen LogP) is 0.925. The second-order valence-corrected chi connectivity index (χ2v) is 3.77. The van der Waals surface area contributed by atoms with Gasteiger partial charge in [-0.25, -0.2) is 0 Å². The summed E-state index contributed by atoms with van der Waals surface area (Å²) < 4.78 is 2.23. The van der Waals surface area contributed by atoms with E-state index in [-0.39, 0.29) is 11.9 Å². The smallest absolute Gasteiger partial charge is 0.244 e. The van der Waals surface area contributed by atoms with Crippen LogP contribution >= 0.6 is 15.9 Å². The van der Waals surface area contributed by atoms with Gasteiger partial charge < -0.3 is 11.1 Å². The highest BCUT2D eigenvalue weighted by Crippen LogP contribution is 2.19. The van der Waals surface area contributed by atoms with Gasteiger partial charge in [0.15, 0.2) is 5.82 Å². The van der Waals surface area contributed by atoms with E-state index in [1.54, 1.807) is 13.1 Å². The number of hydrogen-bond donors (Lipinski definition) is 2. The summed E-state index contributed by atoms with van der Waals surface area (Å²) in [5, 5.41) is 6.72. The van der Waals surface area contributed by atoms with Gasteiger partial charge in [0.05, 0.1) is 4.47 Å². The van der Waals surface area contributed by atoms with Crippen LogP contribution in [-0.4, -0.2) is 22.2 Å². The van der Waals surface area contributed by atoms with Crippen LogP contribution in [0.1, 0.15) is 19.9 Å². The number of nitrogens with zero attached hydrogens (tertiary/aromatic N) is 2. The fourth-order valence-electron chi connectivity index (χ4n) is 1.02. The first-order valence-corrected chi connectivity index (χ1v) is 5.13.